The van der Waals surface area contributed by atoms with Crippen molar-refractivity contribution in [1.29, 1.82) is 0 Å². The summed E-state index contributed by atoms with van der Waals surface area (Å²) in [5.41, 5.74) is 1.80. The van der Waals surface area contributed by atoms with Gasteiger partial charge in [-0.3, -0.25) is 9.78 Å². The molecule has 0 bridgehead atoms. The average Bonchev–Trinajstić information content (AvgIpc) is 3.32. The van der Waals surface area contributed by atoms with Gasteiger partial charge in [-0.1, -0.05) is 28.4 Å². The molecule has 0 saturated heterocycles. The molecule has 0 unspecified atom stereocenters. The summed E-state index contributed by atoms with van der Waals surface area (Å²) in [5, 5.41) is 9.11. The molecule has 3 aromatic heterocycles. The van der Waals surface area contributed by atoms with E-state index >= 15 is 0 Å². The molecule has 0 amide bonds. The molecular formula is C16H12Cl2N4O2. The number of pyridine rings is 1. The first-order valence-corrected chi connectivity index (χ1v) is 8.20. The zero-order valence-corrected chi connectivity index (χ0v) is 14.0. The minimum Gasteiger partial charge on any atom is -0.360 e. The first-order valence-electron chi connectivity index (χ1n) is 7.45. The second-order valence-corrected chi connectivity index (χ2v) is 6.55. The van der Waals surface area contributed by atoms with Gasteiger partial charge in [0, 0.05) is 23.7 Å². The summed E-state index contributed by atoms with van der Waals surface area (Å²) in [5.74, 6) is 1.14. The minimum absolute atomic E-state index is 0.255. The number of hydrogen-bond acceptors (Lipinski definition) is 5. The summed E-state index contributed by atoms with van der Waals surface area (Å²) >= 11 is 11.7. The Morgan fingerprint density at radius 1 is 1.21 bits per heavy atom. The fraction of sp³-hybridized carbons (Fsp3) is 0.250. The van der Waals surface area contributed by atoms with Gasteiger partial charge in [-0.25, -0.2) is 4.68 Å². The van der Waals surface area contributed by atoms with Gasteiger partial charge in [0.05, 0.1) is 28.5 Å². The summed E-state index contributed by atoms with van der Waals surface area (Å²) in [6.45, 7) is 0.255. The normalized spacial score (nSPS) is 14.1. The first kappa shape index (κ1) is 15.4. The predicted octanol–water partition coefficient (Wildman–Crippen LogP) is 3.53. The van der Waals surface area contributed by atoms with Crippen molar-refractivity contribution in [1.82, 2.24) is 19.9 Å². The van der Waals surface area contributed by atoms with Crippen LogP contribution in [0.2, 0.25) is 10.0 Å². The molecule has 0 radical (unpaired) electrons. The summed E-state index contributed by atoms with van der Waals surface area (Å²) in [4.78, 5) is 16.4. The van der Waals surface area contributed by atoms with Crippen LogP contribution in [0.5, 0.6) is 0 Å². The van der Waals surface area contributed by atoms with Crippen LogP contribution in [0.3, 0.4) is 0 Å². The lowest BCUT2D eigenvalue weighted by Crippen LogP contribution is -2.22. The van der Waals surface area contributed by atoms with E-state index in [1.54, 1.807) is 18.3 Å². The number of nitrogens with zero attached hydrogens (tertiary/aromatic N) is 4. The van der Waals surface area contributed by atoms with Crippen LogP contribution in [0.4, 0.5) is 0 Å². The molecule has 1 fully saturated rings. The van der Waals surface area contributed by atoms with Gasteiger partial charge in [-0.15, -0.1) is 0 Å². The van der Waals surface area contributed by atoms with Crippen LogP contribution in [0.25, 0.3) is 11.4 Å². The van der Waals surface area contributed by atoms with Crippen molar-refractivity contribution in [3.8, 4) is 11.4 Å². The third kappa shape index (κ3) is 2.95. The maximum atomic E-state index is 12.1. The maximum absolute atomic E-state index is 12.1. The largest absolute Gasteiger partial charge is 0.360 e. The lowest BCUT2D eigenvalue weighted by Gasteiger charge is -2.06. The van der Waals surface area contributed by atoms with Crippen molar-refractivity contribution in [3.63, 3.8) is 0 Å². The molecule has 1 aliphatic rings. The van der Waals surface area contributed by atoms with Crippen molar-refractivity contribution < 1.29 is 4.52 Å². The van der Waals surface area contributed by atoms with Gasteiger partial charge >= 0.3 is 0 Å². The van der Waals surface area contributed by atoms with Crippen LogP contribution in [0.15, 0.2) is 39.9 Å². The van der Waals surface area contributed by atoms with Crippen LogP contribution in [0.1, 0.15) is 30.1 Å². The van der Waals surface area contributed by atoms with Gasteiger partial charge < -0.3 is 4.52 Å². The molecule has 24 heavy (non-hydrogen) atoms. The zero-order valence-electron chi connectivity index (χ0n) is 12.4. The fourth-order valence-electron chi connectivity index (χ4n) is 2.54. The molecule has 0 aliphatic heterocycles. The Morgan fingerprint density at radius 3 is 2.71 bits per heavy atom. The SMILES string of the molecule is O=c1cc(Cl)cnn1Cc1c(-c2ccc(Cl)cn2)noc1C1CC1. The Kier molecular flexibility index (Phi) is 3.86. The van der Waals surface area contributed by atoms with Crippen molar-refractivity contribution in [2.75, 3.05) is 0 Å². The lowest BCUT2D eigenvalue weighted by molar-refractivity contribution is 0.383. The molecule has 4 rings (SSSR count). The second-order valence-electron chi connectivity index (χ2n) is 5.68. The quantitative estimate of drug-likeness (QED) is 0.709. The van der Waals surface area contributed by atoms with E-state index in [9.17, 15) is 4.79 Å². The average molecular weight is 363 g/mol. The van der Waals surface area contributed by atoms with Gasteiger partial charge in [-0.05, 0) is 25.0 Å². The second kappa shape index (κ2) is 6.03. The molecule has 3 heterocycles. The van der Waals surface area contributed by atoms with Gasteiger partial charge in [-0.2, -0.15) is 5.10 Å². The molecule has 1 aliphatic carbocycles. The lowest BCUT2D eigenvalue weighted by atomic mass is 10.1. The molecule has 0 aromatic carbocycles. The molecule has 1 saturated carbocycles. The van der Waals surface area contributed by atoms with Crippen LogP contribution < -0.4 is 5.56 Å². The number of rotatable bonds is 4. The van der Waals surface area contributed by atoms with E-state index in [1.165, 1.54) is 16.9 Å². The highest BCUT2D eigenvalue weighted by Crippen LogP contribution is 2.43. The third-order valence-corrected chi connectivity index (χ3v) is 4.31. The highest BCUT2D eigenvalue weighted by molar-refractivity contribution is 6.30. The third-order valence-electron chi connectivity index (χ3n) is 3.88. The highest BCUT2D eigenvalue weighted by Gasteiger charge is 2.33. The van der Waals surface area contributed by atoms with Gasteiger partial charge in [0.1, 0.15) is 11.5 Å². The Labute approximate surface area is 147 Å². The van der Waals surface area contributed by atoms with Crippen molar-refractivity contribution in [2.45, 2.75) is 25.3 Å². The molecule has 8 heteroatoms. The van der Waals surface area contributed by atoms with E-state index in [1.807, 2.05) is 0 Å². The first-order chi connectivity index (χ1) is 11.6. The number of halogens is 2. The highest BCUT2D eigenvalue weighted by atomic mass is 35.5. The molecule has 3 aromatic rings. The zero-order chi connectivity index (χ0) is 16.7. The van der Waals surface area contributed by atoms with Crippen molar-refractivity contribution in [3.05, 3.63) is 62.3 Å². The fourth-order valence-corrected chi connectivity index (χ4v) is 2.79. The van der Waals surface area contributed by atoms with Crippen LogP contribution in [-0.4, -0.2) is 19.9 Å². The van der Waals surface area contributed by atoms with Gasteiger partial charge in [0.25, 0.3) is 5.56 Å². The Bertz CT molecular complexity index is 945. The molecule has 0 spiro atoms. The van der Waals surface area contributed by atoms with Crippen molar-refractivity contribution >= 4 is 23.2 Å². The number of aromatic nitrogens is 4. The monoisotopic (exact) mass is 362 g/mol. The van der Waals surface area contributed by atoms with E-state index in [4.69, 9.17) is 27.7 Å². The number of hydrogen-bond donors (Lipinski definition) is 0. The minimum atomic E-state index is -0.277. The summed E-state index contributed by atoms with van der Waals surface area (Å²) < 4.78 is 6.88. The standard InChI is InChI=1S/C16H12Cl2N4O2/c17-10-3-4-13(19-6-10)15-12(16(24-21-15)9-1-2-9)8-22-14(23)5-11(18)7-20-22/h3-7,9H,1-2,8H2. The maximum Gasteiger partial charge on any atom is 0.268 e. The molecule has 6 nitrogen and oxygen atoms in total. The predicted molar refractivity (Wildman–Crippen MR) is 89.3 cm³/mol. The van der Waals surface area contributed by atoms with E-state index < -0.39 is 0 Å². The van der Waals surface area contributed by atoms with Gasteiger partial charge in [0.15, 0.2) is 0 Å². The molecular weight excluding hydrogens is 351 g/mol. The Morgan fingerprint density at radius 2 is 2.04 bits per heavy atom. The van der Waals surface area contributed by atoms with Gasteiger partial charge in [0.2, 0.25) is 0 Å². The summed E-state index contributed by atoms with van der Waals surface area (Å²) in [7, 11) is 0. The van der Waals surface area contributed by atoms with Crippen LogP contribution in [0, 0.1) is 0 Å². The Balaban J connectivity index is 1.78. The van der Waals surface area contributed by atoms with Crippen LogP contribution in [-0.2, 0) is 6.54 Å². The van der Waals surface area contributed by atoms with E-state index in [0.717, 1.165) is 24.2 Å². The summed E-state index contributed by atoms with van der Waals surface area (Å²) in [6, 6.07) is 4.85. The molecule has 122 valence electrons. The van der Waals surface area contributed by atoms with E-state index in [2.05, 4.69) is 15.2 Å². The molecule has 0 atom stereocenters. The van der Waals surface area contributed by atoms with E-state index in [-0.39, 0.29) is 12.1 Å². The molecule has 0 N–H and O–H groups in total. The van der Waals surface area contributed by atoms with Crippen LogP contribution >= 0.6 is 23.2 Å². The van der Waals surface area contributed by atoms with Crippen molar-refractivity contribution in [2.24, 2.45) is 0 Å². The topological polar surface area (TPSA) is 73.8 Å². The van der Waals surface area contributed by atoms with E-state index in [0.29, 0.717) is 27.4 Å². The smallest absolute Gasteiger partial charge is 0.268 e. The Hall–Kier alpha value is -2.18. The summed E-state index contributed by atoms with van der Waals surface area (Å²) in [6.07, 6.45) is 5.10.